The van der Waals surface area contributed by atoms with Crippen LogP contribution in [-0.2, 0) is 16.0 Å². The van der Waals surface area contributed by atoms with Crippen LogP contribution in [0.2, 0.25) is 0 Å². The average molecular weight is 345 g/mol. The predicted octanol–water partition coefficient (Wildman–Crippen LogP) is 1.77. The van der Waals surface area contributed by atoms with Gasteiger partial charge in [0.2, 0.25) is 0 Å². The average Bonchev–Trinajstić information content (AvgIpc) is 2.98. The van der Waals surface area contributed by atoms with Crippen molar-refractivity contribution in [2.75, 3.05) is 26.2 Å². The summed E-state index contributed by atoms with van der Waals surface area (Å²) >= 11 is 0. The largest absolute Gasteiger partial charge is 0.439 e. The van der Waals surface area contributed by atoms with Crippen LogP contribution in [0.25, 0.3) is 0 Å². The maximum Gasteiger partial charge on any atom is 0.417 e. The van der Waals surface area contributed by atoms with Crippen LogP contribution in [-0.4, -0.2) is 60.1 Å². The number of carbonyl (C=O) groups excluding carboxylic acids is 3. The van der Waals surface area contributed by atoms with Gasteiger partial charge in [-0.1, -0.05) is 30.3 Å². The van der Waals surface area contributed by atoms with Crippen LogP contribution < -0.4 is 5.32 Å². The van der Waals surface area contributed by atoms with Gasteiger partial charge in [-0.2, -0.15) is 0 Å². The van der Waals surface area contributed by atoms with Gasteiger partial charge in [-0.15, -0.1) is 0 Å². The van der Waals surface area contributed by atoms with Gasteiger partial charge in [0, 0.05) is 25.7 Å². The normalized spacial score (nSPS) is 18.4. The van der Waals surface area contributed by atoms with Crippen molar-refractivity contribution in [1.29, 1.82) is 0 Å². The molecular weight excluding hydrogens is 322 g/mol. The highest BCUT2D eigenvalue weighted by Gasteiger charge is 2.38. The third-order valence-electron chi connectivity index (χ3n) is 4.66. The molecule has 1 N–H and O–H groups in total. The molecule has 134 valence electrons. The molecule has 0 saturated carbocycles. The Morgan fingerprint density at radius 2 is 1.88 bits per heavy atom. The number of nitrogens with one attached hydrogen (secondary N) is 1. The number of amides is 4. The van der Waals surface area contributed by atoms with Crippen LogP contribution >= 0.6 is 0 Å². The van der Waals surface area contributed by atoms with E-state index in [2.05, 4.69) is 17.4 Å². The molecule has 0 unspecified atom stereocenters. The number of rotatable bonds is 5. The molecule has 2 fully saturated rings. The first-order valence-corrected chi connectivity index (χ1v) is 8.70. The number of nitrogens with zero attached hydrogens (tertiary/aromatic N) is 2. The highest BCUT2D eigenvalue weighted by molar-refractivity contribution is 5.98. The first-order chi connectivity index (χ1) is 12.1. The second-order valence-electron chi connectivity index (χ2n) is 6.36. The first-order valence-electron chi connectivity index (χ1n) is 8.70. The van der Waals surface area contributed by atoms with Crippen molar-refractivity contribution in [2.24, 2.45) is 0 Å². The van der Waals surface area contributed by atoms with Gasteiger partial charge in [-0.25, -0.2) is 14.5 Å². The maximum atomic E-state index is 12.2. The Balaban J connectivity index is 1.37. The van der Waals surface area contributed by atoms with Crippen LogP contribution in [0.15, 0.2) is 30.3 Å². The van der Waals surface area contributed by atoms with Gasteiger partial charge in [0.15, 0.2) is 6.61 Å². The summed E-state index contributed by atoms with van der Waals surface area (Å²) in [6.45, 7) is 1.53. The van der Waals surface area contributed by atoms with Gasteiger partial charge in [0.1, 0.15) is 0 Å². The lowest BCUT2D eigenvalue weighted by atomic mass is 10.0. The van der Waals surface area contributed by atoms with E-state index in [-0.39, 0.29) is 24.6 Å². The lowest BCUT2D eigenvalue weighted by Crippen LogP contribution is -2.50. The van der Waals surface area contributed by atoms with Gasteiger partial charge < -0.3 is 15.0 Å². The van der Waals surface area contributed by atoms with Gasteiger partial charge in [0.25, 0.3) is 5.91 Å². The highest BCUT2D eigenvalue weighted by atomic mass is 16.6. The minimum absolute atomic E-state index is 0.0816. The zero-order valence-corrected chi connectivity index (χ0v) is 14.1. The third-order valence-corrected chi connectivity index (χ3v) is 4.66. The van der Waals surface area contributed by atoms with E-state index in [1.807, 2.05) is 18.2 Å². The lowest BCUT2D eigenvalue weighted by molar-refractivity contribution is -0.127. The number of ether oxygens (including phenoxy) is 1. The molecule has 1 aromatic rings. The minimum Gasteiger partial charge on any atom is -0.439 e. The number of imide groups is 1. The van der Waals surface area contributed by atoms with E-state index in [0.717, 1.165) is 12.8 Å². The van der Waals surface area contributed by atoms with E-state index in [4.69, 9.17) is 4.74 Å². The quantitative estimate of drug-likeness (QED) is 0.825. The van der Waals surface area contributed by atoms with Crippen molar-refractivity contribution in [3.63, 3.8) is 0 Å². The van der Waals surface area contributed by atoms with Crippen LogP contribution in [0.1, 0.15) is 24.8 Å². The first kappa shape index (κ1) is 17.3. The van der Waals surface area contributed by atoms with E-state index in [0.29, 0.717) is 32.5 Å². The summed E-state index contributed by atoms with van der Waals surface area (Å²) in [7, 11) is 0. The Morgan fingerprint density at radius 1 is 1.16 bits per heavy atom. The molecular formula is C18H23N3O4. The fraction of sp³-hybridized carbons (Fsp3) is 0.500. The van der Waals surface area contributed by atoms with Crippen molar-refractivity contribution in [3.05, 3.63) is 35.9 Å². The monoisotopic (exact) mass is 345 g/mol. The van der Waals surface area contributed by atoms with Crippen molar-refractivity contribution in [2.45, 2.75) is 31.7 Å². The molecule has 0 radical (unpaired) electrons. The molecule has 4 amide bonds. The molecule has 0 bridgehead atoms. The fourth-order valence-electron chi connectivity index (χ4n) is 3.29. The molecule has 0 atom stereocenters. The van der Waals surface area contributed by atoms with Crippen molar-refractivity contribution in [1.82, 2.24) is 15.1 Å². The van der Waals surface area contributed by atoms with E-state index < -0.39 is 6.09 Å². The Hall–Kier alpha value is -2.57. The smallest absolute Gasteiger partial charge is 0.417 e. The van der Waals surface area contributed by atoms with E-state index in [1.165, 1.54) is 10.5 Å². The molecule has 0 spiro atoms. The molecule has 0 aromatic heterocycles. The van der Waals surface area contributed by atoms with Gasteiger partial charge >= 0.3 is 12.1 Å². The Morgan fingerprint density at radius 3 is 2.52 bits per heavy atom. The number of urea groups is 1. The summed E-state index contributed by atoms with van der Waals surface area (Å²) in [6, 6.07) is 9.93. The second-order valence-corrected chi connectivity index (χ2v) is 6.36. The minimum atomic E-state index is -0.561. The topological polar surface area (TPSA) is 79.0 Å². The fourth-order valence-corrected chi connectivity index (χ4v) is 3.29. The SMILES string of the molecule is O=C(NCCCc1ccccc1)N1CCC(N2C(=O)COC2=O)CC1. The number of cyclic esters (lactones) is 1. The highest BCUT2D eigenvalue weighted by Crippen LogP contribution is 2.20. The summed E-state index contributed by atoms with van der Waals surface area (Å²) in [5.74, 6) is -0.284. The third kappa shape index (κ3) is 4.29. The van der Waals surface area contributed by atoms with Gasteiger partial charge in [-0.05, 0) is 31.2 Å². The molecule has 2 aliphatic heterocycles. The van der Waals surface area contributed by atoms with Crippen LogP contribution in [0.3, 0.4) is 0 Å². The zero-order chi connectivity index (χ0) is 17.6. The summed E-state index contributed by atoms with van der Waals surface area (Å²) < 4.78 is 4.75. The molecule has 25 heavy (non-hydrogen) atoms. The van der Waals surface area contributed by atoms with Crippen molar-refractivity contribution >= 4 is 18.0 Å². The Labute approximate surface area is 146 Å². The van der Waals surface area contributed by atoms with E-state index >= 15 is 0 Å². The number of benzene rings is 1. The second kappa shape index (κ2) is 8.00. The van der Waals surface area contributed by atoms with Crippen molar-refractivity contribution < 1.29 is 19.1 Å². The predicted molar refractivity (Wildman–Crippen MR) is 91.0 cm³/mol. The molecule has 2 aliphatic rings. The van der Waals surface area contributed by atoms with Gasteiger partial charge in [0.05, 0.1) is 0 Å². The molecule has 7 nitrogen and oxygen atoms in total. The number of hydrogen-bond acceptors (Lipinski definition) is 4. The summed E-state index contributed by atoms with van der Waals surface area (Å²) in [6.07, 6.45) is 2.45. The lowest BCUT2D eigenvalue weighted by Gasteiger charge is -2.34. The Bertz CT molecular complexity index is 610. The molecule has 2 heterocycles. The summed E-state index contributed by atoms with van der Waals surface area (Å²) in [5.41, 5.74) is 1.26. The molecule has 7 heteroatoms. The van der Waals surface area contributed by atoms with E-state index in [1.54, 1.807) is 4.90 Å². The number of carbonyl (C=O) groups is 3. The molecule has 3 rings (SSSR count). The van der Waals surface area contributed by atoms with E-state index in [9.17, 15) is 14.4 Å². The van der Waals surface area contributed by atoms with Crippen LogP contribution in [0.5, 0.6) is 0 Å². The summed E-state index contributed by atoms with van der Waals surface area (Å²) in [5, 5.41) is 2.94. The number of likely N-dealkylation sites (tertiary alicyclic amines) is 1. The molecule has 1 aromatic carbocycles. The van der Waals surface area contributed by atoms with Gasteiger partial charge in [-0.3, -0.25) is 4.79 Å². The van der Waals surface area contributed by atoms with Crippen LogP contribution in [0, 0.1) is 0 Å². The zero-order valence-electron chi connectivity index (χ0n) is 14.1. The number of piperidine rings is 1. The maximum absolute atomic E-state index is 12.2. The number of aryl methyl sites for hydroxylation is 1. The molecule has 2 saturated heterocycles. The van der Waals surface area contributed by atoms with Crippen molar-refractivity contribution in [3.8, 4) is 0 Å². The molecule has 0 aliphatic carbocycles. The summed E-state index contributed by atoms with van der Waals surface area (Å²) in [4.78, 5) is 38.4. The number of hydrogen-bond donors (Lipinski definition) is 1. The Kier molecular flexibility index (Phi) is 5.53. The standard InChI is InChI=1S/C18H23N3O4/c22-16-13-25-18(24)21(16)15-8-11-20(12-9-15)17(23)19-10-4-7-14-5-2-1-3-6-14/h1-3,5-6,15H,4,7-13H2,(H,19,23). The van der Waals surface area contributed by atoms with Crippen LogP contribution in [0.4, 0.5) is 9.59 Å².